The quantitative estimate of drug-likeness (QED) is 0.537. The third-order valence-corrected chi connectivity index (χ3v) is 4.99. The van der Waals surface area contributed by atoms with Crippen molar-refractivity contribution in [3.63, 3.8) is 0 Å². The van der Waals surface area contributed by atoms with Gasteiger partial charge in [-0.05, 0) is 41.0 Å². The van der Waals surface area contributed by atoms with Gasteiger partial charge in [0.05, 0.1) is 21.3 Å². The molecule has 0 saturated heterocycles. The van der Waals surface area contributed by atoms with Crippen molar-refractivity contribution in [2.45, 2.75) is 6.42 Å². The molecule has 0 amide bonds. The minimum atomic E-state index is -0.0542. The van der Waals surface area contributed by atoms with Gasteiger partial charge in [0.25, 0.3) is 0 Å². The average molecular weight is 406 g/mol. The van der Waals surface area contributed by atoms with E-state index in [1.165, 1.54) is 0 Å². The number of Topliss-reactive ketones (excluding diaryl/α,β-unsaturated/α-hetero) is 1. The van der Waals surface area contributed by atoms with E-state index in [1.807, 2.05) is 36.4 Å². The Bertz CT molecular complexity index is 1050. The van der Waals surface area contributed by atoms with Crippen molar-refractivity contribution in [2.24, 2.45) is 0 Å². The molecular weight excluding hydrogens is 384 g/mol. The molecular formula is C24H22O6. The van der Waals surface area contributed by atoms with E-state index in [9.17, 15) is 4.79 Å². The monoisotopic (exact) mass is 406 g/mol. The Morgan fingerprint density at radius 2 is 1.50 bits per heavy atom. The lowest BCUT2D eigenvalue weighted by atomic mass is 9.93. The molecule has 154 valence electrons. The first kappa shape index (κ1) is 19.6. The number of methoxy groups -OCH3 is 3. The number of hydrogen-bond donors (Lipinski definition) is 0. The number of rotatable bonds is 7. The number of ketones is 1. The Hall–Kier alpha value is -3.67. The van der Waals surface area contributed by atoms with Gasteiger partial charge in [0.15, 0.2) is 28.8 Å². The fourth-order valence-electron chi connectivity index (χ4n) is 3.55. The summed E-state index contributed by atoms with van der Waals surface area (Å²) in [5.41, 5.74) is 3.06. The number of carbonyl (C=O) groups excluding carboxylic acids is 1. The van der Waals surface area contributed by atoms with Crippen molar-refractivity contribution in [3.8, 4) is 39.9 Å². The van der Waals surface area contributed by atoms with Gasteiger partial charge >= 0.3 is 0 Å². The summed E-state index contributed by atoms with van der Waals surface area (Å²) in [5.74, 6) is 2.66. The fraction of sp³-hybridized carbons (Fsp3) is 0.208. The number of ether oxygens (including phenoxy) is 5. The summed E-state index contributed by atoms with van der Waals surface area (Å²) in [6.45, 7) is 0.147. The van der Waals surface area contributed by atoms with Crippen LogP contribution < -0.4 is 23.7 Å². The minimum absolute atomic E-state index is 0.0542. The Balaban J connectivity index is 1.74. The van der Waals surface area contributed by atoms with Gasteiger partial charge in [-0.15, -0.1) is 0 Å². The molecule has 30 heavy (non-hydrogen) atoms. The molecule has 1 heterocycles. The Morgan fingerprint density at radius 3 is 2.10 bits per heavy atom. The third kappa shape index (κ3) is 3.64. The zero-order valence-corrected chi connectivity index (χ0v) is 17.1. The summed E-state index contributed by atoms with van der Waals surface area (Å²) in [7, 11) is 4.65. The molecule has 0 aliphatic carbocycles. The van der Waals surface area contributed by atoms with Crippen molar-refractivity contribution >= 4 is 5.78 Å². The first-order valence-electron chi connectivity index (χ1n) is 9.45. The maximum absolute atomic E-state index is 13.4. The smallest absolute Gasteiger partial charge is 0.231 e. The summed E-state index contributed by atoms with van der Waals surface area (Å²) in [6, 6.07) is 16.9. The molecule has 3 aromatic rings. The standard InChI is InChI=1S/C24H22O6/c1-26-22-10-15(11-23(27-2)24(22)28-3)9-19(25)18-13-21-20(29-14-30-21)12-17(18)16-7-5-4-6-8-16/h4-8,10-13H,9,14H2,1-3H3. The summed E-state index contributed by atoms with van der Waals surface area (Å²) in [4.78, 5) is 13.4. The summed E-state index contributed by atoms with van der Waals surface area (Å²) in [5, 5.41) is 0. The van der Waals surface area contributed by atoms with Crippen LogP contribution in [0.25, 0.3) is 11.1 Å². The van der Waals surface area contributed by atoms with Crippen LogP contribution in [0.2, 0.25) is 0 Å². The van der Waals surface area contributed by atoms with Crippen molar-refractivity contribution < 1.29 is 28.5 Å². The minimum Gasteiger partial charge on any atom is -0.493 e. The van der Waals surface area contributed by atoms with Crippen LogP contribution in [-0.4, -0.2) is 33.9 Å². The molecule has 1 aliphatic rings. The molecule has 0 N–H and O–H groups in total. The molecule has 0 atom stereocenters. The largest absolute Gasteiger partial charge is 0.493 e. The second-order valence-corrected chi connectivity index (χ2v) is 6.75. The van der Waals surface area contributed by atoms with Crippen molar-refractivity contribution in [3.05, 3.63) is 65.7 Å². The number of carbonyl (C=O) groups is 1. The number of fused-ring (bicyclic) bond motifs is 1. The van der Waals surface area contributed by atoms with E-state index in [0.717, 1.165) is 16.7 Å². The van der Waals surface area contributed by atoms with E-state index in [1.54, 1.807) is 39.5 Å². The van der Waals surface area contributed by atoms with E-state index < -0.39 is 0 Å². The highest BCUT2D eigenvalue weighted by Crippen LogP contribution is 2.41. The second-order valence-electron chi connectivity index (χ2n) is 6.75. The van der Waals surface area contributed by atoms with Gasteiger partial charge < -0.3 is 23.7 Å². The summed E-state index contributed by atoms with van der Waals surface area (Å²) < 4.78 is 27.2. The van der Waals surface area contributed by atoms with Gasteiger partial charge in [-0.25, -0.2) is 0 Å². The van der Waals surface area contributed by atoms with Crippen LogP contribution in [0.15, 0.2) is 54.6 Å². The van der Waals surface area contributed by atoms with E-state index in [-0.39, 0.29) is 19.0 Å². The average Bonchev–Trinajstić information content (AvgIpc) is 3.25. The van der Waals surface area contributed by atoms with Crippen LogP contribution in [0.4, 0.5) is 0 Å². The van der Waals surface area contributed by atoms with Gasteiger partial charge in [0, 0.05) is 12.0 Å². The highest BCUT2D eigenvalue weighted by atomic mass is 16.7. The molecule has 4 rings (SSSR count). The van der Waals surface area contributed by atoms with E-state index in [0.29, 0.717) is 34.3 Å². The van der Waals surface area contributed by atoms with Crippen LogP contribution >= 0.6 is 0 Å². The molecule has 0 fully saturated rings. The van der Waals surface area contributed by atoms with E-state index in [4.69, 9.17) is 23.7 Å². The maximum Gasteiger partial charge on any atom is 0.231 e. The highest BCUT2D eigenvalue weighted by molar-refractivity contribution is 6.04. The molecule has 0 radical (unpaired) electrons. The normalized spacial score (nSPS) is 11.8. The van der Waals surface area contributed by atoms with Crippen molar-refractivity contribution in [1.29, 1.82) is 0 Å². The first-order chi connectivity index (χ1) is 14.6. The zero-order valence-electron chi connectivity index (χ0n) is 17.1. The third-order valence-electron chi connectivity index (χ3n) is 4.99. The van der Waals surface area contributed by atoms with E-state index in [2.05, 4.69) is 0 Å². The lowest BCUT2D eigenvalue weighted by Gasteiger charge is -2.15. The molecule has 6 nitrogen and oxygen atoms in total. The van der Waals surface area contributed by atoms with Gasteiger partial charge in [0.2, 0.25) is 12.5 Å². The summed E-state index contributed by atoms with van der Waals surface area (Å²) >= 11 is 0. The molecule has 0 saturated carbocycles. The van der Waals surface area contributed by atoms with Crippen LogP contribution in [0.5, 0.6) is 28.7 Å². The number of hydrogen-bond acceptors (Lipinski definition) is 6. The molecule has 0 bridgehead atoms. The van der Waals surface area contributed by atoms with Crippen molar-refractivity contribution in [1.82, 2.24) is 0 Å². The Morgan fingerprint density at radius 1 is 0.867 bits per heavy atom. The maximum atomic E-state index is 13.4. The predicted molar refractivity (Wildman–Crippen MR) is 112 cm³/mol. The fourth-order valence-corrected chi connectivity index (χ4v) is 3.55. The lowest BCUT2D eigenvalue weighted by Crippen LogP contribution is -2.07. The number of benzene rings is 3. The molecule has 0 unspecified atom stereocenters. The summed E-state index contributed by atoms with van der Waals surface area (Å²) in [6.07, 6.45) is 0.163. The van der Waals surface area contributed by atoms with Crippen molar-refractivity contribution in [2.75, 3.05) is 28.1 Å². The van der Waals surface area contributed by atoms with Gasteiger partial charge in [-0.1, -0.05) is 30.3 Å². The van der Waals surface area contributed by atoms with Gasteiger partial charge in [0.1, 0.15) is 0 Å². The molecule has 6 heteroatoms. The van der Waals surface area contributed by atoms with Crippen LogP contribution in [0.1, 0.15) is 15.9 Å². The van der Waals surface area contributed by atoms with E-state index >= 15 is 0 Å². The van der Waals surface area contributed by atoms with Gasteiger partial charge in [-0.2, -0.15) is 0 Å². The van der Waals surface area contributed by atoms with Crippen LogP contribution in [0.3, 0.4) is 0 Å². The lowest BCUT2D eigenvalue weighted by molar-refractivity contribution is 0.0993. The zero-order chi connectivity index (χ0) is 21.1. The first-order valence-corrected chi connectivity index (χ1v) is 9.45. The topological polar surface area (TPSA) is 63.2 Å². The molecule has 3 aromatic carbocycles. The SMILES string of the molecule is COc1cc(CC(=O)c2cc3c(cc2-c2ccccc2)OCO3)cc(OC)c1OC. The molecule has 0 aromatic heterocycles. The Labute approximate surface area is 174 Å². The van der Waals surface area contributed by atoms with Gasteiger partial charge in [-0.3, -0.25) is 4.79 Å². The molecule has 0 spiro atoms. The molecule has 1 aliphatic heterocycles. The highest BCUT2D eigenvalue weighted by Gasteiger charge is 2.23. The van der Waals surface area contributed by atoms with Crippen LogP contribution in [-0.2, 0) is 6.42 Å². The Kier molecular flexibility index (Phi) is 5.48. The predicted octanol–water partition coefficient (Wildman–Crippen LogP) is 4.53. The van der Waals surface area contributed by atoms with Crippen LogP contribution in [0, 0.1) is 0 Å². The second kappa shape index (κ2) is 8.37.